The number of rotatable bonds is 3. The summed E-state index contributed by atoms with van der Waals surface area (Å²) < 4.78 is 12.3. The van der Waals surface area contributed by atoms with Crippen LogP contribution in [0.25, 0.3) is 28.0 Å². The minimum atomic E-state index is -0.611. The van der Waals surface area contributed by atoms with Crippen LogP contribution in [-0.2, 0) is 0 Å². The summed E-state index contributed by atoms with van der Waals surface area (Å²) in [4.78, 5) is 31.1. The van der Waals surface area contributed by atoms with E-state index in [4.69, 9.17) is 9.47 Å². The van der Waals surface area contributed by atoms with E-state index < -0.39 is 11.2 Å². The number of nitrogens with zero attached hydrogens (tertiary/aromatic N) is 2. The molecule has 0 unspecified atom stereocenters. The molecule has 1 aliphatic heterocycles. The predicted octanol–water partition coefficient (Wildman–Crippen LogP) is 3.60. The number of halogens is 1. The third-order valence-electron chi connectivity index (χ3n) is 4.76. The van der Waals surface area contributed by atoms with Crippen LogP contribution in [0.3, 0.4) is 0 Å². The number of benzene rings is 2. The topological polar surface area (TPSA) is 101 Å². The van der Waals surface area contributed by atoms with Crippen molar-refractivity contribution in [3.05, 3.63) is 72.8 Å². The molecule has 0 atom stereocenters. The Labute approximate surface area is 177 Å². The second-order valence-corrected chi connectivity index (χ2v) is 7.77. The van der Waals surface area contributed by atoms with Crippen LogP contribution in [0.15, 0.2) is 61.1 Å². The molecular formula is C21H15BrN4O4. The Morgan fingerprint density at radius 1 is 1.10 bits per heavy atom. The van der Waals surface area contributed by atoms with E-state index in [2.05, 4.69) is 31.0 Å². The summed E-state index contributed by atoms with van der Waals surface area (Å²) in [6, 6.07) is 11.1. The molecule has 0 fully saturated rings. The Kier molecular flexibility index (Phi) is 4.32. The second-order valence-electron chi connectivity index (χ2n) is 6.86. The van der Waals surface area contributed by atoms with Crippen molar-refractivity contribution < 1.29 is 9.47 Å². The molecule has 0 aliphatic carbocycles. The van der Waals surface area contributed by atoms with Crippen molar-refractivity contribution in [2.75, 3.05) is 6.79 Å². The summed E-state index contributed by atoms with van der Waals surface area (Å²) in [5.41, 5.74) is 2.01. The van der Waals surface area contributed by atoms with E-state index >= 15 is 0 Å². The molecule has 0 spiro atoms. The van der Waals surface area contributed by atoms with Gasteiger partial charge in [0.2, 0.25) is 6.79 Å². The number of hydrogen-bond acceptors (Lipinski definition) is 5. The van der Waals surface area contributed by atoms with Crippen molar-refractivity contribution >= 4 is 50.2 Å². The maximum Gasteiger partial charge on any atom is 0.350 e. The standard InChI is InChI=1S/C21H15BrN4O4/c1-11(6-12-2-5-16-17(7-12)30-10-29-16)9-23-26-20(27)19-18(25-21(26)28)14-8-13(22)3-4-15(14)24-19/h2-9,24H,10H2,1H3,(H,25,28). The summed E-state index contributed by atoms with van der Waals surface area (Å²) in [6.07, 6.45) is 3.33. The lowest BCUT2D eigenvalue weighted by Gasteiger charge is -2.00. The third kappa shape index (κ3) is 3.13. The van der Waals surface area contributed by atoms with Gasteiger partial charge in [0.1, 0.15) is 5.52 Å². The molecule has 5 rings (SSSR count). The largest absolute Gasteiger partial charge is 0.454 e. The summed E-state index contributed by atoms with van der Waals surface area (Å²) in [5.74, 6) is 1.38. The Balaban J connectivity index is 1.53. The van der Waals surface area contributed by atoms with Gasteiger partial charge in [-0.05, 0) is 48.4 Å². The fourth-order valence-electron chi connectivity index (χ4n) is 3.37. The highest BCUT2D eigenvalue weighted by atomic mass is 79.9. The lowest BCUT2D eigenvalue weighted by Crippen LogP contribution is -2.32. The lowest BCUT2D eigenvalue weighted by molar-refractivity contribution is 0.174. The highest BCUT2D eigenvalue weighted by molar-refractivity contribution is 9.10. The lowest BCUT2D eigenvalue weighted by atomic mass is 10.1. The molecule has 4 aromatic rings. The fraction of sp³-hybridized carbons (Fsp3) is 0.0952. The zero-order chi connectivity index (χ0) is 20.8. The Bertz CT molecular complexity index is 1490. The fourth-order valence-corrected chi connectivity index (χ4v) is 3.73. The smallest absolute Gasteiger partial charge is 0.350 e. The molecule has 2 N–H and O–H groups in total. The van der Waals surface area contributed by atoms with Crippen LogP contribution < -0.4 is 20.7 Å². The normalized spacial score (nSPS) is 13.7. The van der Waals surface area contributed by atoms with Gasteiger partial charge in [0.05, 0.1) is 11.7 Å². The number of ether oxygens (including phenoxy) is 2. The average Bonchev–Trinajstić information content (AvgIpc) is 3.32. The zero-order valence-corrected chi connectivity index (χ0v) is 17.3. The maximum atomic E-state index is 12.8. The SMILES string of the molecule is CC(C=Nn1c(=O)[nH]c2c([nH]c3ccc(Br)cc32)c1=O)=Cc1ccc2c(c1)OCO2. The molecule has 1 aliphatic rings. The molecule has 0 amide bonds. The van der Waals surface area contributed by atoms with Crippen LogP contribution in [-0.4, -0.2) is 27.7 Å². The Hall–Kier alpha value is -3.59. The molecule has 0 radical (unpaired) electrons. The summed E-state index contributed by atoms with van der Waals surface area (Å²) in [7, 11) is 0. The highest BCUT2D eigenvalue weighted by Crippen LogP contribution is 2.33. The first-order chi connectivity index (χ1) is 14.5. The summed E-state index contributed by atoms with van der Waals surface area (Å²) in [6.45, 7) is 2.04. The number of allylic oxidation sites excluding steroid dienone is 1. The predicted molar refractivity (Wildman–Crippen MR) is 118 cm³/mol. The maximum absolute atomic E-state index is 12.8. The van der Waals surface area contributed by atoms with Gasteiger partial charge in [-0.25, -0.2) is 4.79 Å². The van der Waals surface area contributed by atoms with Crippen LogP contribution in [0.1, 0.15) is 12.5 Å². The van der Waals surface area contributed by atoms with Gasteiger partial charge in [-0.3, -0.25) is 4.79 Å². The summed E-state index contributed by atoms with van der Waals surface area (Å²) >= 11 is 3.40. The monoisotopic (exact) mass is 466 g/mol. The van der Waals surface area contributed by atoms with Gasteiger partial charge < -0.3 is 19.4 Å². The molecular weight excluding hydrogens is 452 g/mol. The van der Waals surface area contributed by atoms with Gasteiger partial charge in [-0.1, -0.05) is 28.1 Å². The number of fused-ring (bicyclic) bond motifs is 4. The quantitative estimate of drug-likeness (QED) is 0.450. The average molecular weight is 467 g/mol. The molecule has 150 valence electrons. The van der Waals surface area contributed by atoms with Crippen molar-refractivity contribution in [3.63, 3.8) is 0 Å². The van der Waals surface area contributed by atoms with Crippen LogP contribution in [0.5, 0.6) is 11.5 Å². The van der Waals surface area contributed by atoms with E-state index in [9.17, 15) is 9.59 Å². The molecule has 30 heavy (non-hydrogen) atoms. The van der Waals surface area contributed by atoms with Crippen molar-refractivity contribution in [1.29, 1.82) is 0 Å². The van der Waals surface area contributed by atoms with Crippen LogP contribution >= 0.6 is 15.9 Å². The Morgan fingerprint density at radius 2 is 1.93 bits per heavy atom. The van der Waals surface area contributed by atoms with Gasteiger partial charge in [-0.15, -0.1) is 4.68 Å². The van der Waals surface area contributed by atoms with Crippen LogP contribution in [0.2, 0.25) is 0 Å². The molecule has 8 nitrogen and oxygen atoms in total. The van der Waals surface area contributed by atoms with E-state index in [1.54, 1.807) is 0 Å². The van der Waals surface area contributed by atoms with Gasteiger partial charge >= 0.3 is 11.2 Å². The number of aromatic nitrogens is 3. The first-order valence-corrected chi connectivity index (χ1v) is 9.87. The highest BCUT2D eigenvalue weighted by Gasteiger charge is 2.14. The van der Waals surface area contributed by atoms with Crippen molar-refractivity contribution in [3.8, 4) is 11.5 Å². The second kappa shape index (κ2) is 7.03. The van der Waals surface area contributed by atoms with E-state index in [1.165, 1.54) is 6.21 Å². The van der Waals surface area contributed by atoms with Gasteiger partial charge in [0.25, 0.3) is 0 Å². The number of nitrogens with one attached hydrogen (secondary N) is 2. The third-order valence-corrected chi connectivity index (χ3v) is 5.25. The van der Waals surface area contributed by atoms with Gasteiger partial charge in [0, 0.05) is 15.4 Å². The molecule has 2 aromatic heterocycles. The molecule has 0 saturated carbocycles. The number of aromatic amines is 2. The summed E-state index contributed by atoms with van der Waals surface area (Å²) in [5, 5.41) is 4.85. The van der Waals surface area contributed by atoms with E-state index in [1.807, 2.05) is 49.4 Å². The van der Waals surface area contributed by atoms with E-state index in [0.29, 0.717) is 17.0 Å². The van der Waals surface area contributed by atoms with Crippen molar-refractivity contribution in [1.82, 2.24) is 14.6 Å². The number of H-pyrrole nitrogens is 2. The molecule has 3 heterocycles. The van der Waals surface area contributed by atoms with Crippen LogP contribution in [0, 0.1) is 0 Å². The minimum absolute atomic E-state index is 0.210. The van der Waals surface area contributed by atoms with E-state index in [-0.39, 0.29) is 12.3 Å². The molecule has 0 bridgehead atoms. The van der Waals surface area contributed by atoms with Crippen molar-refractivity contribution in [2.24, 2.45) is 5.10 Å². The zero-order valence-electron chi connectivity index (χ0n) is 15.7. The van der Waals surface area contributed by atoms with Gasteiger partial charge in [0.15, 0.2) is 11.5 Å². The minimum Gasteiger partial charge on any atom is -0.454 e. The number of hydrogen-bond donors (Lipinski definition) is 2. The first-order valence-electron chi connectivity index (χ1n) is 9.08. The Morgan fingerprint density at radius 3 is 2.80 bits per heavy atom. The first kappa shape index (κ1) is 18.4. The van der Waals surface area contributed by atoms with Crippen LogP contribution in [0.4, 0.5) is 0 Å². The molecule has 9 heteroatoms. The molecule has 2 aromatic carbocycles. The van der Waals surface area contributed by atoms with E-state index in [0.717, 1.165) is 31.2 Å². The van der Waals surface area contributed by atoms with Gasteiger partial charge in [-0.2, -0.15) is 5.10 Å². The molecule has 0 saturated heterocycles. The van der Waals surface area contributed by atoms with Crippen molar-refractivity contribution in [2.45, 2.75) is 6.92 Å².